The van der Waals surface area contributed by atoms with Crippen molar-refractivity contribution < 1.29 is 19.1 Å². The molecule has 3 rings (SSSR count). The number of primary amides is 1. The third-order valence-electron chi connectivity index (χ3n) is 7.00. The molecule has 2 atom stereocenters. The summed E-state index contributed by atoms with van der Waals surface area (Å²) in [5.74, 6) is -0.404. The van der Waals surface area contributed by atoms with E-state index in [1.807, 2.05) is 66.5 Å². The summed E-state index contributed by atoms with van der Waals surface area (Å²) in [6.45, 7) is 2.18. The average molecular weight is 494 g/mol. The highest BCUT2D eigenvalue weighted by molar-refractivity contribution is 5.88. The lowest BCUT2D eigenvalue weighted by Crippen LogP contribution is -2.51. The van der Waals surface area contributed by atoms with Crippen molar-refractivity contribution in [1.82, 2.24) is 10.2 Å². The Morgan fingerprint density at radius 1 is 1.00 bits per heavy atom. The number of nitrogens with one attached hydrogen (secondary N) is 1. The quantitative estimate of drug-likeness (QED) is 0.467. The van der Waals surface area contributed by atoms with Crippen LogP contribution in [-0.4, -0.2) is 41.8 Å². The minimum atomic E-state index is -0.676. The Labute approximate surface area is 214 Å². The van der Waals surface area contributed by atoms with Gasteiger partial charge in [0, 0.05) is 31.8 Å². The highest BCUT2D eigenvalue weighted by Gasteiger charge is 2.29. The van der Waals surface area contributed by atoms with Gasteiger partial charge < -0.3 is 20.7 Å². The fourth-order valence-corrected chi connectivity index (χ4v) is 4.55. The first-order valence-electron chi connectivity index (χ1n) is 12.9. The summed E-state index contributed by atoms with van der Waals surface area (Å²) in [6.07, 6.45) is 6.31. The highest BCUT2D eigenvalue weighted by Crippen LogP contribution is 2.23. The molecule has 194 valence electrons. The van der Waals surface area contributed by atoms with Gasteiger partial charge in [0.15, 0.2) is 0 Å². The third-order valence-corrected chi connectivity index (χ3v) is 7.00. The van der Waals surface area contributed by atoms with Crippen LogP contribution in [0.2, 0.25) is 0 Å². The normalized spacial score (nSPS) is 15.5. The number of ether oxygens (including phenoxy) is 1. The largest absolute Gasteiger partial charge is 0.489 e. The number of carbonyl (C=O) groups is 3. The van der Waals surface area contributed by atoms with Crippen LogP contribution in [0.4, 0.5) is 0 Å². The van der Waals surface area contributed by atoms with Crippen LogP contribution in [0.1, 0.15) is 63.0 Å². The lowest BCUT2D eigenvalue weighted by atomic mass is 9.93. The van der Waals surface area contributed by atoms with Crippen LogP contribution in [0.15, 0.2) is 54.6 Å². The topological polar surface area (TPSA) is 102 Å². The molecule has 7 nitrogen and oxygen atoms in total. The van der Waals surface area contributed by atoms with Crippen LogP contribution < -0.4 is 15.8 Å². The molecule has 0 radical (unpaired) electrons. The van der Waals surface area contributed by atoms with Crippen LogP contribution in [0.25, 0.3) is 0 Å². The van der Waals surface area contributed by atoms with Crippen LogP contribution in [0, 0.1) is 5.92 Å². The van der Waals surface area contributed by atoms with Crippen molar-refractivity contribution in [2.75, 3.05) is 7.05 Å². The van der Waals surface area contributed by atoms with E-state index < -0.39 is 17.9 Å². The molecule has 0 aromatic heterocycles. The molecule has 7 heteroatoms. The number of nitrogens with two attached hydrogens (primary N) is 1. The van der Waals surface area contributed by atoms with Gasteiger partial charge in [0.1, 0.15) is 18.4 Å². The molecular weight excluding hydrogens is 454 g/mol. The first-order valence-corrected chi connectivity index (χ1v) is 12.9. The van der Waals surface area contributed by atoms with Crippen LogP contribution >= 0.6 is 0 Å². The average Bonchev–Trinajstić information content (AvgIpc) is 2.91. The molecule has 0 aliphatic heterocycles. The maximum absolute atomic E-state index is 13.5. The van der Waals surface area contributed by atoms with E-state index in [0.717, 1.165) is 42.6 Å². The Balaban J connectivity index is 1.64. The predicted octanol–water partition coefficient (Wildman–Crippen LogP) is 3.99. The zero-order chi connectivity index (χ0) is 25.9. The number of amides is 3. The van der Waals surface area contributed by atoms with Crippen molar-refractivity contribution in [2.45, 2.75) is 77.0 Å². The van der Waals surface area contributed by atoms with Gasteiger partial charge in [0.05, 0.1) is 0 Å². The second-order valence-electron chi connectivity index (χ2n) is 9.83. The number of hydrogen-bond acceptors (Lipinski definition) is 4. The summed E-state index contributed by atoms with van der Waals surface area (Å²) < 4.78 is 5.87. The Kier molecular flexibility index (Phi) is 10.3. The molecule has 1 aliphatic rings. The van der Waals surface area contributed by atoms with E-state index in [2.05, 4.69) is 5.32 Å². The molecule has 36 heavy (non-hydrogen) atoms. The second-order valence-corrected chi connectivity index (χ2v) is 9.83. The summed E-state index contributed by atoms with van der Waals surface area (Å²) in [5, 5.41) is 2.93. The number of rotatable bonds is 12. The van der Waals surface area contributed by atoms with Crippen LogP contribution in [-0.2, 0) is 27.4 Å². The van der Waals surface area contributed by atoms with E-state index in [9.17, 15) is 14.4 Å². The van der Waals surface area contributed by atoms with Crippen molar-refractivity contribution in [2.24, 2.45) is 11.7 Å². The fourth-order valence-electron chi connectivity index (χ4n) is 4.55. The Morgan fingerprint density at radius 2 is 1.67 bits per heavy atom. The molecular formula is C29H39N3O4. The lowest BCUT2D eigenvalue weighted by molar-refractivity contribution is -0.137. The first-order chi connectivity index (χ1) is 17.3. The Bertz CT molecular complexity index is 987. The van der Waals surface area contributed by atoms with Gasteiger partial charge in [-0.3, -0.25) is 14.4 Å². The molecule has 1 fully saturated rings. The van der Waals surface area contributed by atoms with Crippen LogP contribution in [0.5, 0.6) is 5.75 Å². The SMILES string of the molecule is CC(CCC(=O)NC(Cc1ccc(OCc2ccccc2)cc1)C(=O)N(C)C1CCCCC1)C(N)=O. The monoisotopic (exact) mass is 493 g/mol. The van der Waals surface area contributed by atoms with Gasteiger partial charge in [-0.05, 0) is 42.5 Å². The van der Waals surface area contributed by atoms with E-state index >= 15 is 0 Å². The zero-order valence-electron chi connectivity index (χ0n) is 21.4. The van der Waals surface area contributed by atoms with Crippen LogP contribution in [0.3, 0.4) is 0 Å². The molecule has 0 bridgehead atoms. The fraction of sp³-hybridized carbons (Fsp3) is 0.483. The second kappa shape index (κ2) is 13.7. The van der Waals surface area contributed by atoms with Gasteiger partial charge in [-0.15, -0.1) is 0 Å². The van der Waals surface area contributed by atoms with Crippen molar-refractivity contribution in [3.63, 3.8) is 0 Å². The smallest absolute Gasteiger partial charge is 0.245 e. The Hall–Kier alpha value is -3.35. The molecule has 1 saturated carbocycles. The summed E-state index contributed by atoms with van der Waals surface area (Å²) >= 11 is 0. The van der Waals surface area contributed by atoms with E-state index in [0.29, 0.717) is 19.4 Å². The van der Waals surface area contributed by atoms with E-state index in [4.69, 9.17) is 10.5 Å². The number of carbonyl (C=O) groups excluding carboxylic acids is 3. The third kappa shape index (κ3) is 8.40. The highest BCUT2D eigenvalue weighted by atomic mass is 16.5. The van der Waals surface area contributed by atoms with Gasteiger partial charge in [-0.25, -0.2) is 0 Å². The minimum Gasteiger partial charge on any atom is -0.489 e. The maximum Gasteiger partial charge on any atom is 0.245 e. The maximum atomic E-state index is 13.5. The van der Waals surface area contributed by atoms with Gasteiger partial charge >= 0.3 is 0 Å². The van der Waals surface area contributed by atoms with Crippen molar-refractivity contribution in [3.8, 4) is 5.75 Å². The summed E-state index contributed by atoms with van der Waals surface area (Å²) in [6, 6.07) is 17.1. The Morgan fingerprint density at radius 3 is 2.31 bits per heavy atom. The van der Waals surface area contributed by atoms with E-state index in [-0.39, 0.29) is 24.3 Å². The van der Waals surface area contributed by atoms with E-state index in [1.165, 1.54) is 6.42 Å². The van der Waals surface area contributed by atoms with E-state index in [1.54, 1.807) is 6.92 Å². The standard InChI is InChI=1S/C29H39N3O4/c1-21(28(30)34)13-18-27(33)31-26(29(35)32(2)24-11-7-4-8-12-24)19-22-14-16-25(17-15-22)36-20-23-9-5-3-6-10-23/h3,5-6,9-10,14-17,21,24,26H,4,7-8,11-13,18-20H2,1-2H3,(H2,30,34)(H,31,33). The minimum absolute atomic E-state index is 0.0809. The van der Waals surface area contributed by atoms with Crippen molar-refractivity contribution >= 4 is 17.7 Å². The molecule has 0 spiro atoms. The van der Waals surface area contributed by atoms with Crippen molar-refractivity contribution in [3.05, 3.63) is 65.7 Å². The predicted molar refractivity (Wildman–Crippen MR) is 140 cm³/mol. The molecule has 3 amide bonds. The summed E-state index contributed by atoms with van der Waals surface area (Å²) in [7, 11) is 1.84. The van der Waals surface area contributed by atoms with Gasteiger partial charge in [-0.1, -0.05) is 68.7 Å². The number of benzene rings is 2. The summed E-state index contributed by atoms with van der Waals surface area (Å²) in [5.41, 5.74) is 7.34. The number of likely N-dealkylation sites (N-methyl/N-ethyl adjacent to an activating group) is 1. The van der Waals surface area contributed by atoms with Gasteiger partial charge in [-0.2, -0.15) is 0 Å². The lowest BCUT2D eigenvalue weighted by Gasteiger charge is -2.34. The zero-order valence-corrected chi connectivity index (χ0v) is 21.4. The summed E-state index contributed by atoms with van der Waals surface area (Å²) in [4.78, 5) is 39.3. The molecule has 0 saturated heterocycles. The van der Waals surface area contributed by atoms with Gasteiger partial charge in [0.2, 0.25) is 17.7 Å². The molecule has 0 heterocycles. The molecule has 1 aliphatic carbocycles. The molecule has 3 N–H and O–H groups in total. The molecule has 2 aromatic rings. The molecule has 2 unspecified atom stereocenters. The number of nitrogens with zero attached hydrogens (tertiary/aromatic N) is 1. The first kappa shape index (κ1) is 27.2. The van der Waals surface area contributed by atoms with Gasteiger partial charge in [0.25, 0.3) is 0 Å². The number of hydrogen-bond donors (Lipinski definition) is 2. The molecule has 2 aromatic carbocycles. The van der Waals surface area contributed by atoms with Crippen molar-refractivity contribution in [1.29, 1.82) is 0 Å².